The van der Waals surface area contributed by atoms with Crippen molar-refractivity contribution in [3.8, 4) is 16.8 Å². The molecular formula is C35H23N3OS. The van der Waals surface area contributed by atoms with Crippen molar-refractivity contribution in [2.45, 2.75) is 19.3 Å². The van der Waals surface area contributed by atoms with E-state index < -0.39 is 0 Å². The first-order valence-electron chi connectivity index (χ1n) is 13.5. The highest BCUT2D eigenvalue weighted by Crippen LogP contribution is 2.51. The van der Waals surface area contributed by atoms with E-state index in [4.69, 9.17) is 4.98 Å². The molecule has 1 aliphatic carbocycles. The fourth-order valence-corrected chi connectivity index (χ4v) is 7.93. The average Bonchev–Trinajstić information content (AvgIpc) is 3.58. The quantitative estimate of drug-likeness (QED) is 0.212. The van der Waals surface area contributed by atoms with E-state index in [-0.39, 0.29) is 11.0 Å². The van der Waals surface area contributed by atoms with Crippen LogP contribution >= 0.6 is 11.3 Å². The lowest BCUT2D eigenvalue weighted by Gasteiger charge is -2.21. The molecule has 8 aromatic rings. The summed E-state index contributed by atoms with van der Waals surface area (Å²) >= 11 is 1.55. The zero-order valence-corrected chi connectivity index (χ0v) is 22.8. The Morgan fingerprint density at radius 2 is 1.48 bits per heavy atom. The maximum absolute atomic E-state index is 14.3. The van der Waals surface area contributed by atoms with E-state index in [1.165, 1.54) is 33.0 Å². The third kappa shape index (κ3) is 2.65. The van der Waals surface area contributed by atoms with Crippen LogP contribution in [0.2, 0.25) is 0 Å². The highest BCUT2D eigenvalue weighted by molar-refractivity contribution is 7.23. The van der Waals surface area contributed by atoms with Crippen LogP contribution in [-0.2, 0) is 5.41 Å². The monoisotopic (exact) mass is 533 g/mol. The van der Waals surface area contributed by atoms with Crippen molar-refractivity contribution in [1.29, 1.82) is 0 Å². The van der Waals surface area contributed by atoms with E-state index >= 15 is 0 Å². The fourth-order valence-electron chi connectivity index (χ4n) is 6.91. The lowest BCUT2D eigenvalue weighted by molar-refractivity contribution is 0.661. The molecule has 9 rings (SSSR count). The van der Waals surface area contributed by atoms with Crippen molar-refractivity contribution in [2.24, 2.45) is 0 Å². The topological polar surface area (TPSA) is 39.3 Å². The Hall–Kier alpha value is -4.74. The number of thiazole rings is 1. The van der Waals surface area contributed by atoms with Crippen LogP contribution in [0.4, 0.5) is 0 Å². The lowest BCUT2D eigenvalue weighted by atomic mass is 9.82. The molecule has 0 bridgehead atoms. The second-order valence-electron chi connectivity index (χ2n) is 11.2. The first-order chi connectivity index (χ1) is 19.5. The SMILES string of the molecule is CC1(C)c2ccccc2-c2cc3c4ccccc4n(-c4cccc5nc6sc7ccccc7n6c(=O)c45)c3cc21. The predicted molar refractivity (Wildman–Crippen MR) is 166 cm³/mol. The van der Waals surface area contributed by atoms with Gasteiger partial charge in [-0.05, 0) is 64.7 Å². The van der Waals surface area contributed by atoms with Crippen LogP contribution in [0, 0.1) is 0 Å². The Bertz CT molecular complexity index is 2440. The van der Waals surface area contributed by atoms with Gasteiger partial charge in [-0.25, -0.2) is 4.98 Å². The Labute approximate surface area is 233 Å². The first kappa shape index (κ1) is 22.1. The summed E-state index contributed by atoms with van der Waals surface area (Å²) in [6.45, 7) is 4.62. The van der Waals surface area contributed by atoms with E-state index in [9.17, 15) is 4.79 Å². The van der Waals surface area contributed by atoms with Crippen molar-refractivity contribution < 1.29 is 0 Å². The van der Waals surface area contributed by atoms with E-state index in [0.717, 1.165) is 31.9 Å². The van der Waals surface area contributed by atoms with E-state index in [0.29, 0.717) is 10.9 Å². The largest absolute Gasteiger partial charge is 0.308 e. The summed E-state index contributed by atoms with van der Waals surface area (Å²) in [4.78, 5) is 20.0. The maximum atomic E-state index is 14.3. The predicted octanol–water partition coefficient (Wildman–Crippen LogP) is 8.47. The maximum Gasteiger partial charge on any atom is 0.269 e. The zero-order valence-electron chi connectivity index (χ0n) is 22.0. The number of fused-ring (bicyclic) bond motifs is 10. The standard InChI is InChI=1S/C35H23N3OS/c1-35(2)24-12-5-3-10-20(24)22-18-23-21-11-4-6-14-27(21)37(30(23)19-25(22)35)29-16-9-13-26-32(29)33(39)38-28-15-7-8-17-31(28)40-34(38)36-26/h3-19H,1-2H3. The number of rotatable bonds is 1. The van der Waals surface area contributed by atoms with E-state index in [1.807, 2.05) is 36.4 Å². The second kappa shape index (κ2) is 7.46. The molecule has 190 valence electrons. The number of aromatic nitrogens is 3. The molecule has 1 aliphatic rings. The molecule has 3 aromatic heterocycles. The molecule has 0 fully saturated rings. The zero-order chi connectivity index (χ0) is 26.7. The molecule has 0 atom stereocenters. The van der Waals surface area contributed by atoms with Crippen LogP contribution in [0.15, 0.2) is 108 Å². The summed E-state index contributed by atoms with van der Waals surface area (Å²) in [6, 6.07) is 36.0. The summed E-state index contributed by atoms with van der Waals surface area (Å²) in [5.41, 5.74) is 9.77. The highest BCUT2D eigenvalue weighted by atomic mass is 32.1. The molecule has 0 aliphatic heterocycles. The Balaban J connectivity index is 1.45. The normalized spacial score (nSPS) is 14.1. The van der Waals surface area contributed by atoms with Gasteiger partial charge >= 0.3 is 0 Å². The Morgan fingerprint density at radius 1 is 0.700 bits per heavy atom. The van der Waals surface area contributed by atoms with E-state index in [1.54, 1.807) is 15.7 Å². The van der Waals surface area contributed by atoms with Crippen molar-refractivity contribution in [1.82, 2.24) is 14.0 Å². The third-order valence-corrected chi connectivity index (χ3v) is 9.79. The minimum absolute atomic E-state index is 0.0344. The molecule has 0 unspecified atom stereocenters. The number of para-hydroxylation sites is 2. The van der Waals surface area contributed by atoms with Crippen molar-refractivity contribution >= 4 is 59.2 Å². The average molecular weight is 534 g/mol. The summed E-state index contributed by atoms with van der Waals surface area (Å²) < 4.78 is 5.10. The highest BCUT2D eigenvalue weighted by Gasteiger charge is 2.36. The number of hydrogen-bond acceptors (Lipinski definition) is 3. The molecule has 4 nitrogen and oxygen atoms in total. The summed E-state index contributed by atoms with van der Waals surface area (Å²) in [6.07, 6.45) is 0. The van der Waals surface area contributed by atoms with Gasteiger partial charge in [-0.2, -0.15) is 0 Å². The molecule has 5 aromatic carbocycles. The van der Waals surface area contributed by atoms with Gasteiger partial charge in [0.05, 0.1) is 37.8 Å². The molecule has 0 saturated carbocycles. The van der Waals surface area contributed by atoms with Gasteiger partial charge < -0.3 is 4.57 Å². The molecular weight excluding hydrogens is 510 g/mol. The summed E-state index contributed by atoms with van der Waals surface area (Å²) in [5.74, 6) is 0. The van der Waals surface area contributed by atoms with Crippen LogP contribution in [0.1, 0.15) is 25.0 Å². The minimum Gasteiger partial charge on any atom is -0.308 e. The molecule has 0 spiro atoms. The van der Waals surface area contributed by atoms with Gasteiger partial charge in [0.1, 0.15) is 0 Å². The summed E-state index contributed by atoms with van der Waals surface area (Å²) in [5, 5.41) is 3.00. The molecule has 0 radical (unpaired) electrons. The first-order valence-corrected chi connectivity index (χ1v) is 14.3. The van der Waals surface area contributed by atoms with Gasteiger partial charge in [-0.3, -0.25) is 9.20 Å². The fraction of sp³-hybridized carbons (Fsp3) is 0.0857. The van der Waals surface area contributed by atoms with E-state index in [2.05, 4.69) is 85.1 Å². The van der Waals surface area contributed by atoms with Crippen LogP contribution in [0.3, 0.4) is 0 Å². The lowest BCUT2D eigenvalue weighted by Crippen LogP contribution is -2.16. The van der Waals surface area contributed by atoms with Crippen LogP contribution in [0.25, 0.3) is 64.7 Å². The van der Waals surface area contributed by atoms with Crippen molar-refractivity contribution in [3.05, 3.63) is 125 Å². The van der Waals surface area contributed by atoms with Crippen molar-refractivity contribution in [2.75, 3.05) is 0 Å². The number of benzene rings is 5. The smallest absolute Gasteiger partial charge is 0.269 e. The Morgan fingerprint density at radius 3 is 2.38 bits per heavy atom. The van der Waals surface area contributed by atoms with Crippen LogP contribution in [-0.4, -0.2) is 14.0 Å². The van der Waals surface area contributed by atoms with Gasteiger partial charge in [0.2, 0.25) is 0 Å². The minimum atomic E-state index is -0.122. The Kier molecular flexibility index (Phi) is 4.13. The summed E-state index contributed by atoms with van der Waals surface area (Å²) in [7, 11) is 0. The van der Waals surface area contributed by atoms with Gasteiger partial charge in [-0.1, -0.05) is 85.8 Å². The number of hydrogen-bond donors (Lipinski definition) is 0. The molecule has 3 heterocycles. The van der Waals surface area contributed by atoms with Crippen LogP contribution < -0.4 is 5.56 Å². The molecule has 40 heavy (non-hydrogen) atoms. The molecule has 0 saturated heterocycles. The number of nitrogens with zero attached hydrogens (tertiary/aromatic N) is 3. The van der Waals surface area contributed by atoms with Crippen molar-refractivity contribution in [3.63, 3.8) is 0 Å². The molecule has 0 N–H and O–H groups in total. The van der Waals surface area contributed by atoms with Gasteiger partial charge in [-0.15, -0.1) is 0 Å². The van der Waals surface area contributed by atoms with Crippen LogP contribution in [0.5, 0.6) is 0 Å². The molecule has 5 heteroatoms. The third-order valence-electron chi connectivity index (χ3n) is 8.77. The second-order valence-corrected chi connectivity index (χ2v) is 12.2. The van der Waals surface area contributed by atoms with Gasteiger partial charge in [0.15, 0.2) is 4.96 Å². The van der Waals surface area contributed by atoms with Gasteiger partial charge in [0, 0.05) is 16.2 Å². The molecule has 0 amide bonds. The van der Waals surface area contributed by atoms with Gasteiger partial charge in [0.25, 0.3) is 5.56 Å².